The van der Waals surface area contributed by atoms with Gasteiger partial charge in [-0.1, -0.05) is 24.3 Å². The summed E-state index contributed by atoms with van der Waals surface area (Å²) in [5.41, 5.74) is 1.53. The van der Waals surface area contributed by atoms with E-state index in [1.165, 1.54) is 6.07 Å². The standard InChI is InChI=1S/C19H21N3O4S/c1-26-18-9-4-3-7-16(18)14-21-19(23)10-11-22(27(2,24)25)17-8-5-6-15(12-17)13-20/h3-9,12H,10-11,14H2,1-2H3,(H,21,23). The zero-order valence-electron chi connectivity index (χ0n) is 15.2. The van der Waals surface area contributed by atoms with E-state index in [1.807, 2.05) is 24.3 Å². The predicted molar refractivity (Wildman–Crippen MR) is 103 cm³/mol. The van der Waals surface area contributed by atoms with Crippen LogP contribution in [0.15, 0.2) is 48.5 Å². The first-order valence-electron chi connectivity index (χ1n) is 8.21. The molecule has 0 unspecified atom stereocenters. The summed E-state index contributed by atoms with van der Waals surface area (Å²) < 4.78 is 30.6. The third-order valence-corrected chi connectivity index (χ3v) is 5.07. The van der Waals surface area contributed by atoms with Crippen LogP contribution in [0.25, 0.3) is 0 Å². The Bertz CT molecular complexity index is 951. The Morgan fingerprint density at radius 1 is 1.22 bits per heavy atom. The normalized spacial score (nSPS) is 10.7. The molecule has 0 aliphatic rings. The summed E-state index contributed by atoms with van der Waals surface area (Å²) >= 11 is 0. The van der Waals surface area contributed by atoms with Crippen LogP contribution in [0.2, 0.25) is 0 Å². The van der Waals surface area contributed by atoms with Crippen molar-refractivity contribution >= 4 is 21.6 Å². The lowest BCUT2D eigenvalue weighted by atomic mass is 10.2. The number of hydrogen-bond acceptors (Lipinski definition) is 5. The van der Waals surface area contributed by atoms with Crippen molar-refractivity contribution in [1.29, 1.82) is 5.26 Å². The van der Waals surface area contributed by atoms with Crippen molar-refractivity contribution in [3.05, 3.63) is 59.7 Å². The summed E-state index contributed by atoms with van der Waals surface area (Å²) in [6, 6.07) is 15.6. The van der Waals surface area contributed by atoms with Crippen molar-refractivity contribution in [2.45, 2.75) is 13.0 Å². The highest BCUT2D eigenvalue weighted by atomic mass is 32.2. The third kappa shape index (κ3) is 5.72. The number of anilines is 1. The van der Waals surface area contributed by atoms with Gasteiger partial charge in [-0.2, -0.15) is 5.26 Å². The molecule has 0 atom stereocenters. The lowest BCUT2D eigenvalue weighted by Crippen LogP contribution is -2.34. The number of rotatable bonds is 8. The minimum absolute atomic E-state index is 0.0149. The molecule has 0 aliphatic carbocycles. The van der Waals surface area contributed by atoms with Gasteiger partial charge in [0.1, 0.15) is 5.75 Å². The largest absolute Gasteiger partial charge is 0.496 e. The lowest BCUT2D eigenvalue weighted by molar-refractivity contribution is -0.121. The van der Waals surface area contributed by atoms with Crippen molar-refractivity contribution in [3.63, 3.8) is 0 Å². The number of methoxy groups -OCH3 is 1. The molecule has 0 aromatic heterocycles. The Kier molecular flexibility index (Phi) is 6.79. The van der Waals surface area contributed by atoms with Crippen LogP contribution in [0.4, 0.5) is 5.69 Å². The van der Waals surface area contributed by atoms with E-state index in [1.54, 1.807) is 31.4 Å². The SMILES string of the molecule is COc1ccccc1CNC(=O)CCN(c1cccc(C#N)c1)S(C)(=O)=O. The van der Waals surface area contributed by atoms with Gasteiger partial charge >= 0.3 is 0 Å². The van der Waals surface area contributed by atoms with Crippen LogP contribution in [-0.4, -0.2) is 34.2 Å². The van der Waals surface area contributed by atoms with Crippen molar-refractivity contribution in [2.75, 3.05) is 24.2 Å². The fourth-order valence-electron chi connectivity index (χ4n) is 2.55. The smallest absolute Gasteiger partial charge is 0.232 e. The first kappa shape index (κ1) is 20.3. The average Bonchev–Trinajstić information content (AvgIpc) is 2.65. The van der Waals surface area contributed by atoms with Gasteiger partial charge in [0, 0.05) is 25.1 Å². The molecule has 0 saturated carbocycles. The van der Waals surface area contributed by atoms with Gasteiger partial charge in [0.25, 0.3) is 0 Å². The van der Waals surface area contributed by atoms with E-state index < -0.39 is 10.0 Å². The van der Waals surface area contributed by atoms with Crippen molar-refractivity contribution < 1.29 is 17.9 Å². The van der Waals surface area contributed by atoms with Gasteiger partial charge in [0.05, 0.1) is 30.7 Å². The number of nitrogens with zero attached hydrogens (tertiary/aromatic N) is 2. The molecule has 0 aliphatic heterocycles. The first-order chi connectivity index (χ1) is 12.8. The molecule has 7 nitrogen and oxygen atoms in total. The Labute approximate surface area is 159 Å². The number of nitrogens with one attached hydrogen (secondary N) is 1. The van der Waals surface area contributed by atoms with Crippen LogP contribution in [0.1, 0.15) is 17.5 Å². The molecular weight excluding hydrogens is 366 g/mol. The van der Waals surface area contributed by atoms with Crippen LogP contribution in [0.5, 0.6) is 5.75 Å². The average molecular weight is 387 g/mol. The maximum atomic E-state index is 12.2. The van der Waals surface area contributed by atoms with E-state index in [-0.39, 0.29) is 25.4 Å². The maximum Gasteiger partial charge on any atom is 0.232 e. The van der Waals surface area contributed by atoms with Crippen LogP contribution >= 0.6 is 0 Å². The van der Waals surface area contributed by atoms with E-state index in [0.29, 0.717) is 17.0 Å². The number of para-hydroxylation sites is 1. The fraction of sp³-hybridized carbons (Fsp3) is 0.263. The van der Waals surface area contributed by atoms with Gasteiger partial charge in [-0.05, 0) is 24.3 Å². The van der Waals surface area contributed by atoms with Crippen LogP contribution < -0.4 is 14.4 Å². The quantitative estimate of drug-likeness (QED) is 0.747. The molecule has 0 fully saturated rings. The van der Waals surface area contributed by atoms with Gasteiger partial charge in [-0.25, -0.2) is 8.42 Å². The molecule has 1 N–H and O–H groups in total. The van der Waals surface area contributed by atoms with Crippen molar-refractivity contribution in [1.82, 2.24) is 5.32 Å². The van der Waals surface area contributed by atoms with E-state index >= 15 is 0 Å². The minimum Gasteiger partial charge on any atom is -0.496 e. The highest BCUT2D eigenvalue weighted by Gasteiger charge is 2.19. The highest BCUT2D eigenvalue weighted by Crippen LogP contribution is 2.20. The van der Waals surface area contributed by atoms with Gasteiger partial charge in [-0.3, -0.25) is 9.10 Å². The fourth-order valence-corrected chi connectivity index (χ4v) is 3.47. The maximum absolute atomic E-state index is 12.2. The third-order valence-electron chi connectivity index (χ3n) is 3.87. The molecule has 8 heteroatoms. The predicted octanol–water partition coefficient (Wildman–Crippen LogP) is 2.04. The van der Waals surface area contributed by atoms with Gasteiger partial charge in [0.15, 0.2) is 0 Å². The second-order valence-electron chi connectivity index (χ2n) is 5.84. The summed E-state index contributed by atoms with van der Waals surface area (Å²) in [5, 5.41) is 11.8. The summed E-state index contributed by atoms with van der Waals surface area (Å²) in [6.45, 7) is 0.261. The molecule has 27 heavy (non-hydrogen) atoms. The zero-order chi connectivity index (χ0) is 19.9. The topological polar surface area (TPSA) is 99.5 Å². The molecule has 2 aromatic carbocycles. The van der Waals surface area contributed by atoms with Crippen LogP contribution in [-0.2, 0) is 21.4 Å². The highest BCUT2D eigenvalue weighted by molar-refractivity contribution is 7.92. The molecule has 2 aromatic rings. The molecule has 142 valence electrons. The Hall–Kier alpha value is -3.05. The Morgan fingerprint density at radius 3 is 2.63 bits per heavy atom. The molecule has 2 rings (SSSR count). The molecular formula is C19H21N3O4S. The van der Waals surface area contributed by atoms with Gasteiger partial charge < -0.3 is 10.1 Å². The number of ether oxygens (including phenoxy) is 1. The Balaban J connectivity index is 2.02. The molecule has 0 spiro atoms. The number of nitriles is 1. The number of sulfonamides is 1. The lowest BCUT2D eigenvalue weighted by Gasteiger charge is -2.22. The molecule has 1 amide bonds. The summed E-state index contributed by atoms with van der Waals surface area (Å²) in [7, 11) is -2.04. The second kappa shape index (κ2) is 9.05. The van der Waals surface area contributed by atoms with Crippen LogP contribution in [0, 0.1) is 11.3 Å². The number of amides is 1. The van der Waals surface area contributed by atoms with E-state index in [2.05, 4.69) is 5.32 Å². The Morgan fingerprint density at radius 2 is 1.96 bits per heavy atom. The molecule has 0 radical (unpaired) electrons. The van der Waals surface area contributed by atoms with Crippen molar-refractivity contribution in [2.24, 2.45) is 0 Å². The zero-order valence-corrected chi connectivity index (χ0v) is 16.0. The van der Waals surface area contributed by atoms with E-state index in [0.717, 1.165) is 16.1 Å². The van der Waals surface area contributed by atoms with E-state index in [4.69, 9.17) is 10.00 Å². The van der Waals surface area contributed by atoms with E-state index in [9.17, 15) is 13.2 Å². The van der Waals surface area contributed by atoms with Crippen molar-refractivity contribution in [3.8, 4) is 11.8 Å². The summed E-state index contributed by atoms with van der Waals surface area (Å²) in [4.78, 5) is 12.2. The van der Waals surface area contributed by atoms with Gasteiger partial charge in [-0.15, -0.1) is 0 Å². The number of carbonyl (C=O) groups is 1. The molecule has 0 heterocycles. The first-order valence-corrected chi connectivity index (χ1v) is 10.1. The van der Waals surface area contributed by atoms with Gasteiger partial charge in [0.2, 0.25) is 15.9 Å². The molecule has 0 saturated heterocycles. The van der Waals surface area contributed by atoms with Crippen LogP contribution in [0.3, 0.4) is 0 Å². The molecule has 0 bridgehead atoms. The summed E-state index contributed by atoms with van der Waals surface area (Å²) in [5.74, 6) is 0.384. The second-order valence-corrected chi connectivity index (χ2v) is 7.74. The number of carbonyl (C=O) groups excluding carboxylic acids is 1. The monoisotopic (exact) mass is 387 g/mol. The minimum atomic E-state index is -3.59. The summed E-state index contributed by atoms with van der Waals surface area (Å²) in [6.07, 6.45) is 1.05. The number of benzene rings is 2. The number of hydrogen-bond donors (Lipinski definition) is 1.